The summed E-state index contributed by atoms with van der Waals surface area (Å²) in [6.07, 6.45) is -4.47. The Morgan fingerprint density at radius 1 is 0.821 bits per heavy atom. The van der Waals surface area contributed by atoms with Gasteiger partial charge in [0.05, 0.1) is 16.8 Å². The van der Waals surface area contributed by atoms with Crippen LogP contribution in [0.2, 0.25) is 0 Å². The van der Waals surface area contributed by atoms with Crippen molar-refractivity contribution in [3.8, 4) is 0 Å². The van der Waals surface area contributed by atoms with Crippen molar-refractivity contribution in [2.45, 2.75) is 57.6 Å². The first kappa shape index (κ1) is 20.9. The van der Waals surface area contributed by atoms with Crippen molar-refractivity contribution in [1.29, 1.82) is 0 Å². The van der Waals surface area contributed by atoms with Crippen LogP contribution in [-0.2, 0) is 21.1 Å². The molecular weight excluding hydrogens is 368 g/mol. The van der Waals surface area contributed by atoms with Gasteiger partial charge in [-0.2, -0.15) is 13.2 Å². The van der Waals surface area contributed by atoms with Crippen LogP contribution in [0.3, 0.4) is 0 Å². The Morgan fingerprint density at radius 2 is 1.32 bits per heavy atom. The van der Waals surface area contributed by atoms with Gasteiger partial charge in [-0.3, -0.25) is 0 Å². The van der Waals surface area contributed by atoms with Crippen LogP contribution in [0.5, 0.6) is 0 Å². The molecule has 0 spiro atoms. The van der Waals surface area contributed by atoms with Gasteiger partial charge in [0, 0.05) is 0 Å². The van der Waals surface area contributed by atoms with E-state index < -0.39 is 35.7 Å². The molecule has 0 aliphatic carbocycles. The van der Waals surface area contributed by atoms with Crippen molar-refractivity contribution in [2.24, 2.45) is 0 Å². The minimum absolute atomic E-state index is 0.172. The summed E-state index contributed by atoms with van der Waals surface area (Å²) in [5, 5.41) is 10.9. The molecule has 28 heavy (non-hydrogen) atoms. The molecule has 1 saturated heterocycles. The van der Waals surface area contributed by atoms with Crippen LogP contribution in [0.4, 0.5) is 13.2 Å². The highest BCUT2D eigenvalue weighted by atomic mass is 19.4. The van der Waals surface area contributed by atoms with Crippen molar-refractivity contribution in [1.82, 2.24) is 0 Å². The third-order valence-electron chi connectivity index (χ3n) is 5.75. The summed E-state index contributed by atoms with van der Waals surface area (Å²) in [6, 6.07) is 11.6. The Bertz CT molecular complexity index is 842. The standard InChI is InChI=1S/C21H24BF3O3/c1-18(2)19(3,4)28-22(27-18)17-11-9-14(10-12-17)20(5,26)15-7-6-8-16(13-15)21(23,24)25/h6-13,26H,1-5H3. The van der Waals surface area contributed by atoms with Gasteiger partial charge in [-0.1, -0.05) is 36.4 Å². The van der Waals surface area contributed by atoms with Gasteiger partial charge >= 0.3 is 13.3 Å². The lowest BCUT2D eigenvalue weighted by molar-refractivity contribution is -0.137. The molecule has 1 unspecified atom stereocenters. The van der Waals surface area contributed by atoms with E-state index >= 15 is 0 Å². The quantitative estimate of drug-likeness (QED) is 0.794. The zero-order valence-electron chi connectivity index (χ0n) is 16.6. The minimum Gasteiger partial charge on any atom is -0.399 e. The molecule has 1 fully saturated rings. The van der Waals surface area contributed by atoms with Gasteiger partial charge in [-0.15, -0.1) is 0 Å². The molecule has 3 rings (SSSR count). The Labute approximate surface area is 163 Å². The lowest BCUT2D eigenvalue weighted by Gasteiger charge is -2.32. The summed E-state index contributed by atoms with van der Waals surface area (Å²) in [6.45, 7) is 9.31. The summed E-state index contributed by atoms with van der Waals surface area (Å²) in [7, 11) is -0.544. The SMILES string of the molecule is CC(O)(c1ccc(B2OC(C)(C)C(C)(C)O2)cc1)c1cccc(C(F)(F)F)c1. The molecule has 0 bridgehead atoms. The topological polar surface area (TPSA) is 38.7 Å². The Morgan fingerprint density at radius 3 is 1.82 bits per heavy atom. The normalized spacial score (nSPS) is 20.8. The molecule has 1 N–H and O–H groups in total. The third-order valence-corrected chi connectivity index (χ3v) is 5.75. The van der Waals surface area contributed by atoms with Gasteiger partial charge in [-0.25, -0.2) is 0 Å². The van der Waals surface area contributed by atoms with Gasteiger partial charge in [0.25, 0.3) is 0 Å². The highest BCUT2D eigenvalue weighted by Crippen LogP contribution is 2.37. The van der Waals surface area contributed by atoms with E-state index in [0.29, 0.717) is 5.56 Å². The van der Waals surface area contributed by atoms with E-state index in [1.54, 1.807) is 24.3 Å². The second-order valence-electron chi connectivity index (χ2n) is 8.36. The fourth-order valence-corrected chi connectivity index (χ4v) is 3.11. The molecular formula is C21H24BF3O3. The Kier molecular flexibility index (Phi) is 4.93. The zero-order valence-corrected chi connectivity index (χ0v) is 16.6. The molecule has 1 aliphatic rings. The highest BCUT2D eigenvalue weighted by molar-refractivity contribution is 6.62. The smallest absolute Gasteiger partial charge is 0.399 e. The number of hydrogen-bond acceptors (Lipinski definition) is 3. The molecule has 2 aromatic rings. The van der Waals surface area contributed by atoms with Crippen molar-refractivity contribution in [3.05, 3.63) is 65.2 Å². The van der Waals surface area contributed by atoms with Crippen molar-refractivity contribution >= 4 is 12.6 Å². The van der Waals surface area contributed by atoms with Gasteiger partial charge in [-0.05, 0) is 63.3 Å². The number of halogens is 3. The molecule has 0 radical (unpaired) electrons. The molecule has 1 atom stereocenters. The van der Waals surface area contributed by atoms with E-state index in [0.717, 1.165) is 17.6 Å². The summed E-state index contributed by atoms with van der Waals surface area (Å²) >= 11 is 0. The first-order valence-electron chi connectivity index (χ1n) is 9.10. The lowest BCUT2D eigenvalue weighted by atomic mass is 9.77. The van der Waals surface area contributed by atoms with E-state index in [9.17, 15) is 18.3 Å². The van der Waals surface area contributed by atoms with Gasteiger partial charge in [0.2, 0.25) is 0 Å². The summed E-state index contributed by atoms with van der Waals surface area (Å²) in [5.74, 6) is 0. The first-order valence-corrected chi connectivity index (χ1v) is 9.10. The molecule has 1 aliphatic heterocycles. The van der Waals surface area contributed by atoms with E-state index in [4.69, 9.17) is 9.31 Å². The molecule has 3 nitrogen and oxygen atoms in total. The highest BCUT2D eigenvalue weighted by Gasteiger charge is 2.51. The number of benzene rings is 2. The van der Waals surface area contributed by atoms with Crippen LogP contribution in [0.15, 0.2) is 48.5 Å². The summed E-state index contributed by atoms with van der Waals surface area (Å²) in [5.41, 5.74) is -1.88. The first-order chi connectivity index (χ1) is 12.7. The van der Waals surface area contributed by atoms with Crippen LogP contribution in [0, 0.1) is 0 Å². The number of hydrogen-bond donors (Lipinski definition) is 1. The van der Waals surface area contributed by atoms with Crippen molar-refractivity contribution in [3.63, 3.8) is 0 Å². The molecule has 1 heterocycles. The summed E-state index contributed by atoms with van der Waals surface area (Å²) in [4.78, 5) is 0. The van der Waals surface area contributed by atoms with E-state index in [-0.39, 0.29) is 5.56 Å². The maximum absolute atomic E-state index is 13.0. The molecule has 0 amide bonds. The lowest BCUT2D eigenvalue weighted by Crippen LogP contribution is -2.41. The van der Waals surface area contributed by atoms with Crippen LogP contribution < -0.4 is 5.46 Å². The fraction of sp³-hybridized carbons (Fsp3) is 0.429. The Balaban J connectivity index is 1.87. The van der Waals surface area contributed by atoms with E-state index in [2.05, 4.69) is 0 Å². The fourth-order valence-electron chi connectivity index (χ4n) is 3.11. The number of rotatable bonds is 3. The van der Waals surface area contributed by atoms with Gasteiger partial charge < -0.3 is 14.4 Å². The predicted molar refractivity (Wildman–Crippen MR) is 102 cm³/mol. The third kappa shape index (κ3) is 3.71. The number of aliphatic hydroxyl groups is 1. The monoisotopic (exact) mass is 392 g/mol. The van der Waals surface area contributed by atoms with Gasteiger partial charge in [0.15, 0.2) is 0 Å². The second kappa shape index (κ2) is 6.61. The molecule has 0 aromatic heterocycles. The molecule has 150 valence electrons. The zero-order chi connectivity index (χ0) is 21.0. The predicted octanol–water partition coefficient (Wildman–Crippen LogP) is 4.26. The van der Waals surface area contributed by atoms with Crippen molar-refractivity contribution < 1.29 is 27.6 Å². The van der Waals surface area contributed by atoms with Gasteiger partial charge in [0.1, 0.15) is 5.60 Å². The van der Waals surface area contributed by atoms with Crippen LogP contribution in [-0.4, -0.2) is 23.4 Å². The maximum atomic E-state index is 13.0. The average Bonchev–Trinajstić information content (AvgIpc) is 2.82. The number of alkyl halides is 3. The summed E-state index contributed by atoms with van der Waals surface area (Å²) < 4.78 is 51.0. The average molecular weight is 392 g/mol. The Hall–Kier alpha value is -1.83. The van der Waals surface area contributed by atoms with Crippen molar-refractivity contribution in [2.75, 3.05) is 0 Å². The van der Waals surface area contributed by atoms with E-state index in [1.807, 2.05) is 27.7 Å². The van der Waals surface area contributed by atoms with Crippen LogP contribution >= 0.6 is 0 Å². The molecule has 0 saturated carbocycles. The molecule has 7 heteroatoms. The largest absolute Gasteiger partial charge is 0.494 e. The van der Waals surface area contributed by atoms with Crippen LogP contribution in [0.1, 0.15) is 51.3 Å². The minimum atomic E-state index is -4.47. The second-order valence-corrected chi connectivity index (χ2v) is 8.36. The van der Waals surface area contributed by atoms with E-state index in [1.165, 1.54) is 19.1 Å². The maximum Gasteiger partial charge on any atom is 0.494 e. The molecule has 2 aromatic carbocycles. The van der Waals surface area contributed by atoms with Crippen LogP contribution in [0.25, 0.3) is 0 Å².